The second-order valence-corrected chi connectivity index (χ2v) is 8.05. The minimum absolute atomic E-state index is 0.0193. The molecule has 2 heterocycles. The van der Waals surface area contributed by atoms with Crippen molar-refractivity contribution in [2.75, 3.05) is 19.6 Å². The zero-order valence-electron chi connectivity index (χ0n) is 16.0. The summed E-state index contributed by atoms with van der Waals surface area (Å²) in [5.74, 6) is 1.20. The first-order chi connectivity index (χ1) is 12.5. The fourth-order valence-corrected chi connectivity index (χ4v) is 4.07. The van der Waals surface area contributed by atoms with Crippen molar-refractivity contribution in [2.24, 2.45) is 11.8 Å². The molecule has 5 nitrogen and oxygen atoms in total. The van der Waals surface area contributed by atoms with Crippen LogP contribution in [0.15, 0.2) is 30.3 Å². The van der Waals surface area contributed by atoms with Crippen LogP contribution in [0.2, 0.25) is 0 Å². The van der Waals surface area contributed by atoms with Gasteiger partial charge in [-0.25, -0.2) is 4.79 Å². The predicted molar refractivity (Wildman–Crippen MR) is 103 cm³/mol. The van der Waals surface area contributed by atoms with Gasteiger partial charge in [0.25, 0.3) is 0 Å². The SMILES string of the molecule is CC(C)CCNC(=O)N1C[C@H]2CCCC(=O)N(Cc3ccccc3)[C@H]2C1. The minimum Gasteiger partial charge on any atom is -0.338 e. The Morgan fingerprint density at radius 2 is 2.00 bits per heavy atom. The monoisotopic (exact) mass is 357 g/mol. The molecule has 2 fully saturated rings. The van der Waals surface area contributed by atoms with Crippen molar-refractivity contribution < 1.29 is 9.59 Å². The lowest BCUT2D eigenvalue weighted by Gasteiger charge is -2.30. The normalized spacial score (nSPS) is 23.1. The summed E-state index contributed by atoms with van der Waals surface area (Å²) in [7, 11) is 0. The van der Waals surface area contributed by atoms with Crippen LogP contribution in [0.1, 0.15) is 45.1 Å². The minimum atomic E-state index is 0.0193. The zero-order valence-corrected chi connectivity index (χ0v) is 16.0. The topological polar surface area (TPSA) is 52.7 Å². The van der Waals surface area contributed by atoms with Crippen molar-refractivity contribution >= 4 is 11.9 Å². The first-order valence-corrected chi connectivity index (χ1v) is 9.90. The van der Waals surface area contributed by atoms with E-state index in [2.05, 4.69) is 31.3 Å². The third-order valence-electron chi connectivity index (χ3n) is 5.57. The molecule has 1 aromatic rings. The third kappa shape index (κ3) is 4.57. The van der Waals surface area contributed by atoms with Crippen LogP contribution in [0.25, 0.3) is 0 Å². The van der Waals surface area contributed by atoms with E-state index in [1.165, 1.54) is 0 Å². The maximum atomic E-state index is 12.7. The van der Waals surface area contributed by atoms with Crippen molar-refractivity contribution in [3.63, 3.8) is 0 Å². The molecule has 26 heavy (non-hydrogen) atoms. The van der Waals surface area contributed by atoms with Crippen molar-refractivity contribution in [3.05, 3.63) is 35.9 Å². The number of carbonyl (C=O) groups is 2. The maximum absolute atomic E-state index is 12.7. The van der Waals surface area contributed by atoms with Crippen LogP contribution < -0.4 is 5.32 Å². The van der Waals surface area contributed by atoms with Crippen LogP contribution in [0.3, 0.4) is 0 Å². The van der Waals surface area contributed by atoms with E-state index in [1.54, 1.807) is 0 Å². The van der Waals surface area contributed by atoms with E-state index in [0.717, 1.165) is 37.9 Å². The van der Waals surface area contributed by atoms with Gasteiger partial charge in [0, 0.05) is 32.6 Å². The summed E-state index contributed by atoms with van der Waals surface area (Å²) in [6.07, 6.45) is 3.57. The Bertz CT molecular complexity index is 617. The fourth-order valence-electron chi connectivity index (χ4n) is 4.07. The van der Waals surface area contributed by atoms with E-state index in [1.807, 2.05) is 28.0 Å². The van der Waals surface area contributed by atoms with E-state index >= 15 is 0 Å². The van der Waals surface area contributed by atoms with Crippen LogP contribution in [0.5, 0.6) is 0 Å². The largest absolute Gasteiger partial charge is 0.338 e. The van der Waals surface area contributed by atoms with Gasteiger partial charge in [0.2, 0.25) is 5.91 Å². The molecule has 1 aromatic carbocycles. The average molecular weight is 357 g/mol. The molecule has 3 rings (SSSR count). The molecule has 0 spiro atoms. The molecule has 0 aromatic heterocycles. The lowest BCUT2D eigenvalue weighted by molar-refractivity contribution is -0.133. The van der Waals surface area contributed by atoms with Gasteiger partial charge in [-0.2, -0.15) is 0 Å². The molecule has 0 saturated carbocycles. The molecule has 5 heteroatoms. The highest BCUT2D eigenvalue weighted by Gasteiger charge is 2.41. The predicted octanol–water partition coefficient (Wildman–Crippen LogP) is 3.26. The summed E-state index contributed by atoms with van der Waals surface area (Å²) in [4.78, 5) is 29.1. The number of rotatable bonds is 5. The number of urea groups is 1. The third-order valence-corrected chi connectivity index (χ3v) is 5.57. The quantitative estimate of drug-likeness (QED) is 0.879. The number of nitrogens with one attached hydrogen (secondary N) is 1. The van der Waals surface area contributed by atoms with Crippen molar-refractivity contribution in [2.45, 2.75) is 52.1 Å². The highest BCUT2D eigenvalue weighted by atomic mass is 16.2. The number of carbonyl (C=O) groups excluding carboxylic acids is 2. The van der Waals surface area contributed by atoms with Gasteiger partial charge in [-0.1, -0.05) is 44.2 Å². The first kappa shape index (κ1) is 18.7. The van der Waals surface area contributed by atoms with Crippen LogP contribution in [-0.4, -0.2) is 47.4 Å². The second-order valence-electron chi connectivity index (χ2n) is 8.05. The van der Waals surface area contributed by atoms with Gasteiger partial charge < -0.3 is 15.1 Å². The van der Waals surface area contributed by atoms with Crippen LogP contribution in [0, 0.1) is 11.8 Å². The molecule has 0 radical (unpaired) electrons. The van der Waals surface area contributed by atoms with Gasteiger partial charge in [0.15, 0.2) is 0 Å². The van der Waals surface area contributed by atoms with Crippen molar-refractivity contribution in [1.82, 2.24) is 15.1 Å². The molecular formula is C21H31N3O2. The Hall–Kier alpha value is -2.04. The van der Waals surface area contributed by atoms with E-state index in [-0.39, 0.29) is 18.0 Å². The molecule has 1 N–H and O–H groups in total. The number of fused-ring (bicyclic) bond motifs is 1. The fraction of sp³-hybridized carbons (Fsp3) is 0.619. The van der Waals surface area contributed by atoms with E-state index < -0.39 is 0 Å². The number of hydrogen-bond donors (Lipinski definition) is 1. The summed E-state index contributed by atoms with van der Waals surface area (Å²) in [6, 6.07) is 10.3. The van der Waals surface area contributed by atoms with Crippen molar-refractivity contribution in [3.8, 4) is 0 Å². The molecule has 2 aliphatic rings. The Balaban J connectivity index is 1.65. The van der Waals surface area contributed by atoms with E-state index in [4.69, 9.17) is 0 Å². The Labute approximate surface area is 156 Å². The highest BCUT2D eigenvalue weighted by Crippen LogP contribution is 2.31. The summed E-state index contributed by atoms with van der Waals surface area (Å²) in [5.41, 5.74) is 1.15. The van der Waals surface area contributed by atoms with Crippen LogP contribution >= 0.6 is 0 Å². The summed E-state index contributed by atoms with van der Waals surface area (Å²) < 4.78 is 0. The van der Waals surface area contributed by atoms with E-state index in [9.17, 15) is 9.59 Å². The molecule has 3 amide bonds. The summed E-state index contributed by atoms with van der Waals surface area (Å²) in [6.45, 7) is 7.09. The van der Waals surface area contributed by atoms with Gasteiger partial charge in [0.1, 0.15) is 0 Å². The number of benzene rings is 1. The average Bonchev–Trinajstić information content (AvgIpc) is 2.98. The molecule has 0 bridgehead atoms. The number of nitrogens with zero attached hydrogens (tertiary/aromatic N) is 2. The number of likely N-dealkylation sites (tertiary alicyclic amines) is 2. The standard InChI is InChI=1S/C21H31N3O2/c1-16(2)11-12-22-21(26)23-14-18-9-6-10-20(25)24(19(18)15-23)13-17-7-4-3-5-8-17/h3-5,7-8,16,18-19H,6,9-15H2,1-2H3,(H,22,26)/t18-,19+/m1/s1. The lowest BCUT2D eigenvalue weighted by atomic mass is 9.98. The summed E-state index contributed by atoms with van der Waals surface area (Å²) >= 11 is 0. The molecular weight excluding hydrogens is 326 g/mol. The molecule has 0 unspecified atom stereocenters. The molecule has 2 atom stereocenters. The van der Waals surface area contributed by atoms with Gasteiger partial charge in [0.05, 0.1) is 6.04 Å². The van der Waals surface area contributed by atoms with Gasteiger partial charge in [-0.3, -0.25) is 4.79 Å². The van der Waals surface area contributed by atoms with Crippen LogP contribution in [0.4, 0.5) is 4.79 Å². The van der Waals surface area contributed by atoms with Gasteiger partial charge in [-0.05, 0) is 36.7 Å². The highest BCUT2D eigenvalue weighted by molar-refractivity contribution is 5.78. The van der Waals surface area contributed by atoms with Crippen molar-refractivity contribution in [1.29, 1.82) is 0 Å². The van der Waals surface area contributed by atoms with Gasteiger partial charge >= 0.3 is 6.03 Å². The van der Waals surface area contributed by atoms with Gasteiger partial charge in [-0.15, -0.1) is 0 Å². The Morgan fingerprint density at radius 1 is 1.23 bits per heavy atom. The first-order valence-electron chi connectivity index (χ1n) is 9.90. The second kappa shape index (κ2) is 8.56. The zero-order chi connectivity index (χ0) is 18.5. The molecule has 2 saturated heterocycles. The lowest BCUT2D eigenvalue weighted by Crippen LogP contribution is -2.44. The number of hydrogen-bond acceptors (Lipinski definition) is 2. The number of amides is 3. The maximum Gasteiger partial charge on any atom is 0.317 e. The van der Waals surface area contributed by atoms with E-state index in [0.29, 0.717) is 31.3 Å². The Kier molecular flexibility index (Phi) is 6.17. The van der Waals surface area contributed by atoms with Crippen LogP contribution in [-0.2, 0) is 11.3 Å². The Morgan fingerprint density at radius 3 is 2.73 bits per heavy atom. The molecule has 0 aliphatic carbocycles. The molecule has 2 aliphatic heterocycles. The smallest absolute Gasteiger partial charge is 0.317 e. The summed E-state index contributed by atoms with van der Waals surface area (Å²) in [5, 5.41) is 3.04. The molecule has 142 valence electrons.